The van der Waals surface area contributed by atoms with E-state index in [1.165, 1.54) is 6.20 Å². The molecule has 0 saturated carbocycles. The number of nitrogens with one attached hydrogen (secondary N) is 2. The van der Waals surface area contributed by atoms with E-state index in [2.05, 4.69) is 20.6 Å². The molecule has 27 heavy (non-hydrogen) atoms. The summed E-state index contributed by atoms with van der Waals surface area (Å²) >= 11 is 6.27. The molecule has 0 fully saturated rings. The molecule has 0 spiro atoms. The van der Waals surface area contributed by atoms with Gasteiger partial charge in [0.2, 0.25) is 5.95 Å². The van der Waals surface area contributed by atoms with Crippen molar-refractivity contribution in [2.75, 3.05) is 31.1 Å². The fraction of sp³-hybridized carbons (Fsp3) is 0.158. The van der Waals surface area contributed by atoms with Gasteiger partial charge in [0.15, 0.2) is 5.82 Å². The second-order valence-electron chi connectivity index (χ2n) is 6.21. The van der Waals surface area contributed by atoms with Crippen LogP contribution in [-0.2, 0) is 4.57 Å². The van der Waals surface area contributed by atoms with Gasteiger partial charge in [-0.15, -0.1) is 0 Å². The lowest BCUT2D eigenvalue weighted by atomic mass is 10.3. The van der Waals surface area contributed by atoms with Crippen LogP contribution in [0.5, 0.6) is 5.75 Å². The van der Waals surface area contributed by atoms with E-state index in [0.717, 1.165) is 11.0 Å². The molecule has 0 radical (unpaired) electrons. The number of para-hydroxylation sites is 3. The highest BCUT2D eigenvalue weighted by atomic mass is 35.5. The lowest BCUT2D eigenvalue weighted by molar-refractivity contribution is 0.417. The molecule has 0 amide bonds. The maximum Gasteiger partial charge on any atom is 0.229 e. The molecule has 0 atom stereocenters. The zero-order chi connectivity index (χ0) is 19.4. The summed E-state index contributed by atoms with van der Waals surface area (Å²) in [5.74, 6) is 1.46. The Bertz CT molecular complexity index is 1010. The van der Waals surface area contributed by atoms with E-state index in [0.29, 0.717) is 28.2 Å². The SMILES string of the molecule is COc1ccccc1Nc1ncc(Cl)c(Nc2ccccc2P(C)(C)=O)n1. The zero-order valence-electron chi connectivity index (χ0n) is 15.2. The smallest absolute Gasteiger partial charge is 0.229 e. The van der Waals surface area contributed by atoms with Crippen LogP contribution in [0.2, 0.25) is 5.02 Å². The summed E-state index contributed by atoms with van der Waals surface area (Å²) in [6.07, 6.45) is 1.51. The molecule has 0 aliphatic rings. The van der Waals surface area contributed by atoms with Crippen molar-refractivity contribution >= 4 is 47.2 Å². The average molecular weight is 403 g/mol. The minimum absolute atomic E-state index is 0.359. The predicted molar refractivity (Wildman–Crippen MR) is 112 cm³/mol. The summed E-state index contributed by atoms with van der Waals surface area (Å²) < 4.78 is 17.9. The number of methoxy groups -OCH3 is 1. The van der Waals surface area contributed by atoms with Gasteiger partial charge in [0.1, 0.15) is 17.9 Å². The van der Waals surface area contributed by atoms with E-state index in [9.17, 15) is 4.57 Å². The van der Waals surface area contributed by atoms with Gasteiger partial charge < -0.3 is 19.9 Å². The van der Waals surface area contributed by atoms with Crippen LogP contribution in [0.1, 0.15) is 0 Å². The summed E-state index contributed by atoms with van der Waals surface area (Å²) in [6.45, 7) is 3.45. The highest BCUT2D eigenvalue weighted by Gasteiger charge is 2.17. The van der Waals surface area contributed by atoms with Gasteiger partial charge in [-0.1, -0.05) is 35.9 Å². The van der Waals surface area contributed by atoms with E-state index < -0.39 is 7.14 Å². The van der Waals surface area contributed by atoms with Gasteiger partial charge in [-0.2, -0.15) is 4.98 Å². The van der Waals surface area contributed by atoms with E-state index >= 15 is 0 Å². The number of rotatable bonds is 6. The van der Waals surface area contributed by atoms with Gasteiger partial charge in [0, 0.05) is 5.30 Å². The Hall–Kier alpha value is -2.56. The van der Waals surface area contributed by atoms with Crippen molar-refractivity contribution in [2.24, 2.45) is 0 Å². The molecule has 1 aromatic heterocycles. The molecule has 0 bridgehead atoms. The number of anilines is 4. The van der Waals surface area contributed by atoms with Crippen LogP contribution in [0, 0.1) is 0 Å². The third-order valence-electron chi connectivity index (χ3n) is 3.83. The predicted octanol–water partition coefficient (Wildman–Crippen LogP) is 4.87. The molecule has 3 rings (SSSR count). The van der Waals surface area contributed by atoms with Crippen LogP contribution in [-0.4, -0.2) is 30.4 Å². The van der Waals surface area contributed by atoms with Crippen molar-refractivity contribution in [3.05, 3.63) is 59.8 Å². The van der Waals surface area contributed by atoms with Crippen LogP contribution in [0.25, 0.3) is 0 Å². The Kier molecular flexibility index (Phi) is 5.68. The third kappa shape index (κ3) is 4.59. The van der Waals surface area contributed by atoms with Crippen LogP contribution >= 0.6 is 18.7 Å². The van der Waals surface area contributed by atoms with Crippen molar-refractivity contribution in [3.8, 4) is 5.75 Å². The Balaban J connectivity index is 1.92. The number of halogens is 1. The molecular weight excluding hydrogens is 383 g/mol. The molecule has 0 unspecified atom stereocenters. The molecule has 3 aromatic rings. The van der Waals surface area contributed by atoms with Gasteiger partial charge in [-0.25, -0.2) is 4.98 Å². The number of nitrogens with zero attached hydrogens (tertiary/aromatic N) is 2. The number of aromatic nitrogens is 2. The first-order chi connectivity index (χ1) is 12.9. The summed E-state index contributed by atoms with van der Waals surface area (Å²) in [6, 6.07) is 14.9. The molecule has 2 aromatic carbocycles. The largest absolute Gasteiger partial charge is 0.495 e. The molecule has 140 valence electrons. The van der Waals surface area contributed by atoms with Gasteiger partial charge in [-0.3, -0.25) is 0 Å². The number of hydrogen-bond donors (Lipinski definition) is 2. The fourth-order valence-corrected chi connectivity index (χ4v) is 3.85. The first kappa shape index (κ1) is 19.2. The van der Waals surface area contributed by atoms with Crippen LogP contribution in [0.3, 0.4) is 0 Å². The van der Waals surface area contributed by atoms with Gasteiger partial charge in [0.05, 0.1) is 24.7 Å². The molecule has 1 heterocycles. The van der Waals surface area contributed by atoms with Crippen LogP contribution in [0.4, 0.5) is 23.1 Å². The van der Waals surface area contributed by atoms with Gasteiger partial charge in [0.25, 0.3) is 0 Å². The van der Waals surface area contributed by atoms with Crippen molar-refractivity contribution in [2.45, 2.75) is 0 Å². The topological polar surface area (TPSA) is 76.1 Å². The maximum atomic E-state index is 12.6. The Morgan fingerprint density at radius 2 is 1.67 bits per heavy atom. The van der Waals surface area contributed by atoms with Crippen molar-refractivity contribution < 1.29 is 9.30 Å². The van der Waals surface area contributed by atoms with Crippen molar-refractivity contribution in [1.29, 1.82) is 0 Å². The molecule has 0 aliphatic carbocycles. The lowest BCUT2D eigenvalue weighted by Gasteiger charge is -2.16. The first-order valence-electron chi connectivity index (χ1n) is 8.22. The summed E-state index contributed by atoms with van der Waals surface area (Å²) in [5, 5.41) is 7.39. The van der Waals surface area contributed by atoms with Crippen LogP contribution in [0.15, 0.2) is 54.7 Å². The normalized spacial score (nSPS) is 11.1. The summed E-state index contributed by atoms with van der Waals surface area (Å²) in [4.78, 5) is 8.67. The third-order valence-corrected chi connectivity index (χ3v) is 5.66. The second kappa shape index (κ2) is 7.99. The highest BCUT2D eigenvalue weighted by Crippen LogP contribution is 2.38. The quantitative estimate of drug-likeness (QED) is 0.573. The van der Waals surface area contributed by atoms with Gasteiger partial charge in [-0.05, 0) is 37.6 Å². The van der Waals surface area contributed by atoms with E-state index in [-0.39, 0.29) is 0 Å². The molecule has 2 N–H and O–H groups in total. The zero-order valence-corrected chi connectivity index (χ0v) is 16.9. The maximum absolute atomic E-state index is 12.6. The summed E-state index contributed by atoms with van der Waals surface area (Å²) in [5.41, 5.74) is 1.44. The van der Waals surface area contributed by atoms with E-state index in [4.69, 9.17) is 16.3 Å². The highest BCUT2D eigenvalue weighted by molar-refractivity contribution is 7.70. The fourth-order valence-electron chi connectivity index (χ4n) is 2.56. The molecular formula is C19H20ClN4O2P. The summed E-state index contributed by atoms with van der Waals surface area (Å²) in [7, 11) is -0.868. The molecule has 0 saturated heterocycles. The number of ether oxygens (including phenoxy) is 1. The van der Waals surface area contributed by atoms with Crippen molar-refractivity contribution in [1.82, 2.24) is 9.97 Å². The lowest BCUT2D eigenvalue weighted by Crippen LogP contribution is -2.11. The standard InChI is InChI=1S/C19H20ClN4O2P/c1-26-16-10-6-4-8-14(16)23-19-21-12-13(20)18(24-19)22-15-9-5-7-11-17(15)27(2,3)25/h4-12H,1-3H3,(H2,21,22,23,24). The Labute approximate surface area is 163 Å². The second-order valence-corrected chi connectivity index (χ2v) is 9.80. The monoisotopic (exact) mass is 402 g/mol. The molecule has 8 heteroatoms. The van der Waals surface area contributed by atoms with E-state index in [1.807, 2.05) is 48.5 Å². The minimum Gasteiger partial charge on any atom is -0.495 e. The molecule has 0 aliphatic heterocycles. The van der Waals surface area contributed by atoms with Crippen molar-refractivity contribution in [3.63, 3.8) is 0 Å². The number of benzene rings is 2. The number of hydrogen-bond acceptors (Lipinski definition) is 6. The average Bonchev–Trinajstić information content (AvgIpc) is 2.64. The molecule has 6 nitrogen and oxygen atoms in total. The minimum atomic E-state index is -2.47. The Morgan fingerprint density at radius 3 is 2.37 bits per heavy atom. The first-order valence-corrected chi connectivity index (χ1v) is 11.2. The van der Waals surface area contributed by atoms with E-state index in [1.54, 1.807) is 20.4 Å². The van der Waals surface area contributed by atoms with Gasteiger partial charge >= 0.3 is 0 Å². The Morgan fingerprint density at radius 1 is 1.00 bits per heavy atom. The van der Waals surface area contributed by atoms with Crippen LogP contribution < -0.4 is 20.7 Å².